The molecule has 1 aromatic carbocycles. The lowest BCUT2D eigenvalue weighted by molar-refractivity contribution is -0.123. The SMILES string of the molecule is Cc1ccc([C@@H](C)NC(=O)CN2CCN(c3cc(=O)[nH]c(N)n3)CC2)cc1. The predicted octanol–water partition coefficient (Wildman–Crippen LogP) is 0.660. The number of benzene rings is 1. The third-order valence-electron chi connectivity index (χ3n) is 4.76. The summed E-state index contributed by atoms with van der Waals surface area (Å²) in [6.07, 6.45) is 0. The lowest BCUT2D eigenvalue weighted by Gasteiger charge is -2.35. The lowest BCUT2D eigenvalue weighted by atomic mass is 10.1. The van der Waals surface area contributed by atoms with Crippen molar-refractivity contribution in [3.63, 3.8) is 0 Å². The highest BCUT2D eigenvalue weighted by Gasteiger charge is 2.21. The fourth-order valence-electron chi connectivity index (χ4n) is 3.19. The van der Waals surface area contributed by atoms with Crippen molar-refractivity contribution < 1.29 is 4.79 Å². The van der Waals surface area contributed by atoms with Gasteiger partial charge in [0, 0.05) is 32.2 Å². The van der Waals surface area contributed by atoms with Crippen molar-refractivity contribution in [1.29, 1.82) is 0 Å². The Morgan fingerprint density at radius 3 is 2.56 bits per heavy atom. The molecule has 1 fully saturated rings. The van der Waals surface area contributed by atoms with Crippen LogP contribution in [0.4, 0.5) is 11.8 Å². The normalized spacial score (nSPS) is 16.1. The third-order valence-corrected chi connectivity index (χ3v) is 4.76. The van der Waals surface area contributed by atoms with Crippen LogP contribution in [0, 0.1) is 6.92 Å². The van der Waals surface area contributed by atoms with E-state index in [-0.39, 0.29) is 23.5 Å². The molecule has 0 aliphatic carbocycles. The second-order valence-electron chi connectivity index (χ2n) is 6.95. The Labute approximate surface area is 158 Å². The van der Waals surface area contributed by atoms with Crippen LogP contribution in [0.1, 0.15) is 24.1 Å². The lowest BCUT2D eigenvalue weighted by Crippen LogP contribution is -2.50. The van der Waals surface area contributed by atoms with Gasteiger partial charge in [-0.1, -0.05) is 29.8 Å². The molecule has 4 N–H and O–H groups in total. The first-order valence-corrected chi connectivity index (χ1v) is 9.11. The fourth-order valence-corrected chi connectivity index (χ4v) is 3.19. The van der Waals surface area contributed by atoms with Gasteiger partial charge in [-0.3, -0.25) is 19.5 Å². The van der Waals surface area contributed by atoms with Crippen molar-refractivity contribution in [3.8, 4) is 0 Å². The fraction of sp³-hybridized carbons (Fsp3) is 0.421. The number of piperazine rings is 1. The number of rotatable bonds is 5. The van der Waals surface area contributed by atoms with Gasteiger partial charge in [0.2, 0.25) is 11.9 Å². The second-order valence-corrected chi connectivity index (χ2v) is 6.95. The van der Waals surface area contributed by atoms with E-state index >= 15 is 0 Å². The summed E-state index contributed by atoms with van der Waals surface area (Å²) in [4.78, 5) is 34.6. The van der Waals surface area contributed by atoms with Crippen molar-refractivity contribution >= 4 is 17.7 Å². The first kappa shape index (κ1) is 18.9. The molecular formula is C19H26N6O2. The smallest absolute Gasteiger partial charge is 0.254 e. The summed E-state index contributed by atoms with van der Waals surface area (Å²) in [5, 5.41) is 3.05. The molecule has 2 aromatic rings. The molecule has 27 heavy (non-hydrogen) atoms. The van der Waals surface area contributed by atoms with Crippen LogP contribution in [0.15, 0.2) is 35.1 Å². The minimum absolute atomic E-state index is 0.00931. The van der Waals surface area contributed by atoms with Crippen molar-refractivity contribution in [1.82, 2.24) is 20.2 Å². The van der Waals surface area contributed by atoms with Gasteiger partial charge in [0.05, 0.1) is 12.6 Å². The van der Waals surface area contributed by atoms with E-state index in [2.05, 4.69) is 20.2 Å². The van der Waals surface area contributed by atoms with Gasteiger partial charge in [0.25, 0.3) is 5.56 Å². The molecule has 0 saturated carbocycles. The summed E-state index contributed by atoms with van der Waals surface area (Å²) >= 11 is 0. The second kappa shape index (κ2) is 8.22. The molecule has 0 unspecified atom stereocenters. The number of H-pyrrole nitrogens is 1. The predicted molar refractivity (Wildman–Crippen MR) is 106 cm³/mol. The molecule has 1 aliphatic heterocycles. The molecule has 3 rings (SSSR count). The van der Waals surface area contributed by atoms with E-state index in [1.165, 1.54) is 11.6 Å². The number of hydrogen-bond donors (Lipinski definition) is 3. The molecule has 0 bridgehead atoms. The minimum atomic E-state index is -0.260. The van der Waals surface area contributed by atoms with Crippen LogP contribution in [0.2, 0.25) is 0 Å². The summed E-state index contributed by atoms with van der Waals surface area (Å²) in [7, 11) is 0. The topological polar surface area (TPSA) is 107 Å². The quantitative estimate of drug-likeness (QED) is 0.714. The monoisotopic (exact) mass is 370 g/mol. The summed E-state index contributed by atoms with van der Waals surface area (Å²) in [6.45, 7) is 7.22. The average molecular weight is 370 g/mol. The van der Waals surface area contributed by atoms with Crippen LogP contribution in [-0.2, 0) is 4.79 Å². The molecule has 1 atom stereocenters. The molecule has 2 heterocycles. The molecule has 0 radical (unpaired) electrons. The zero-order chi connectivity index (χ0) is 19.4. The van der Waals surface area contributed by atoms with Crippen LogP contribution in [0.5, 0.6) is 0 Å². The van der Waals surface area contributed by atoms with E-state index in [4.69, 9.17) is 5.73 Å². The maximum Gasteiger partial charge on any atom is 0.254 e. The maximum atomic E-state index is 12.4. The van der Waals surface area contributed by atoms with E-state index in [0.29, 0.717) is 25.5 Å². The highest BCUT2D eigenvalue weighted by atomic mass is 16.2. The Bertz CT molecular complexity index is 840. The molecule has 1 aliphatic rings. The number of nitrogen functional groups attached to an aromatic ring is 1. The number of hydrogen-bond acceptors (Lipinski definition) is 6. The number of aromatic amines is 1. The van der Waals surface area contributed by atoms with Crippen molar-refractivity contribution in [2.45, 2.75) is 19.9 Å². The largest absolute Gasteiger partial charge is 0.369 e. The van der Waals surface area contributed by atoms with Crippen molar-refractivity contribution in [2.24, 2.45) is 0 Å². The first-order valence-electron chi connectivity index (χ1n) is 9.11. The van der Waals surface area contributed by atoms with Crippen LogP contribution < -0.4 is 21.5 Å². The number of nitrogens with one attached hydrogen (secondary N) is 2. The van der Waals surface area contributed by atoms with Crippen LogP contribution in [0.3, 0.4) is 0 Å². The molecule has 1 aromatic heterocycles. The average Bonchev–Trinajstić information content (AvgIpc) is 2.62. The van der Waals surface area contributed by atoms with E-state index in [1.807, 2.05) is 43.0 Å². The maximum absolute atomic E-state index is 12.4. The Balaban J connectivity index is 1.49. The van der Waals surface area contributed by atoms with Crippen LogP contribution in [0.25, 0.3) is 0 Å². The van der Waals surface area contributed by atoms with E-state index in [9.17, 15) is 9.59 Å². The molecule has 8 nitrogen and oxygen atoms in total. The molecule has 144 valence electrons. The van der Waals surface area contributed by atoms with Crippen molar-refractivity contribution in [3.05, 3.63) is 51.8 Å². The van der Waals surface area contributed by atoms with Crippen molar-refractivity contribution in [2.75, 3.05) is 43.4 Å². The van der Waals surface area contributed by atoms with E-state index < -0.39 is 0 Å². The number of aromatic nitrogens is 2. The molecule has 1 saturated heterocycles. The molecule has 8 heteroatoms. The van der Waals surface area contributed by atoms with Crippen LogP contribution in [-0.4, -0.2) is 53.5 Å². The van der Waals surface area contributed by atoms with Gasteiger partial charge in [0.15, 0.2) is 0 Å². The zero-order valence-electron chi connectivity index (χ0n) is 15.7. The van der Waals surface area contributed by atoms with E-state index in [1.54, 1.807) is 0 Å². The minimum Gasteiger partial charge on any atom is -0.369 e. The third kappa shape index (κ3) is 5.07. The number of aryl methyl sites for hydroxylation is 1. The molecule has 0 spiro atoms. The Kier molecular flexibility index (Phi) is 5.75. The number of carbonyl (C=O) groups is 1. The number of nitrogens with two attached hydrogens (primary N) is 1. The van der Waals surface area contributed by atoms with Crippen LogP contribution >= 0.6 is 0 Å². The number of anilines is 2. The Morgan fingerprint density at radius 2 is 1.93 bits per heavy atom. The Morgan fingerprint density at radius 1 is 1.26 bits per heavy atom. The summed E-state index contributed by atoms with van der Waals surface area (Å²) in [5.74, 6) is 0.702. The van der Waals surface area contributed by atoms with Gasteiger partial charge in [-0.2, -0.15) is 4.98 Å². The van der Waals surface area contributed by atoms with Gasteiger partial charge in [-0.25, -0.2) is 0 Å². The first-order chi connectivity index (χ1) is 12.9. The summed E-state index contributed by atoms with van der Waals surface area (Å²) in [6, 6.07) is 9.60. The standard InChI is InChI=1S/C19H26N6O2/c1-13-3-5-15(6-4-13)14(2)21-18(27)12-24-7-9-25(10-8-24)16-11-17(26)23-19(20)22-16/h3-6,11,14H,7-10,12H2,1-2H3,(H,21,27)(H3,20,22,23,26)/t14-/m1/s1. The number of nitrogens with zero attached hydrogens (tertiary/aromatic N) is 3. The van der Waals surface area contributed by atoms with Gasteiger partial charge in [0.1, 0.15) is 5.82 Å². The van der Waals surface area contributed by atoms with Gasteiger partial charge in [-0.05, 0) is 19.4 Å². The van der Waals surface area contributed by atoms with Gasteiger partial charge in [-0.15, -0.1) is 0 Å². The zero-order valence-corrected chi connectivity index (χ0v) is 15.7. The number of amides is 1. The Hall–Kier alpha value is -2.87. The van der Waals surface area contributed by atoms with Gasteiger partial charge < -0.3 is 16.0 Å². The number of carbonyl (C=O) groups excluding carboxylic acids is 1. The molecule has 1 amide bonds. The highest BCUT2D eigenvalue weighted by molar-refractivity contribution is 5.78. The summed E-state index contributed by atoms with van der Waals surface area (Å²) in [5.41, 5.74) is 7.64. The van der Waals surface area contributed by atoms with E-state index in [0.717, 1.165) is 18.7 Å². The molecular weight excluding hydrogens is 344 g/mol. The summed E-state index contributed by atoms with van der Waals surface area (Å²) < 4.78 is 0. The highest BCUT2D eigenvalue weighted by Crippen LogP contribution is 2.14. The van der Waals surface area contributed by atoms with Gasteiger partial charge >= 0.3 is 0 Å².